The molecule has 0 aliphatic carbocycles. The van der Waals surface area contributed by atoms with Crippen LogP contribution in [0, 0.1) is 5.41 Å². The van der Waals surface area contributed by atoms with E-state index < -0.39 is 0 Å². The zero-order valence-corrected chi connectivity index (χ0v) is 13.6. The summed E-state index contributed by atoms with van der Waals surface area (Å²) in [7, 11) is 0. The van der Waals surface area contributed by atoms with Crippen molar-refractivity contribution in [3.05, 3.63) is 36.2 Å². The van der Waals surface area contributed by atoms with E-state index in [1.807, 2.05) is 6.07 Å². The van der Waals surface area contributed by atoms with Gasteiger partial charge in [0.25, 0.3) is 5.91 Å². The lowest BCUT2D eigenvalue weighted by atomic mass is 9.79. The molecule has 1 amide bonds. The molecule has 1 aromatic carbocycles. The summed E-state index contributed by atoms with van der Waals surface area (Å²) in [5, 5.41) is 23.2. The van der Waals surface area contributed by atoms with Gasteiger partial charge in [0, 0.05) is 18.7 Å². The Balaban J connectivity index is 2.07. The number of tetrazole rings is 1. The number of benzene rings is 1. The van der Waals surface area contributed by atoms with Crippen LogP contribution in [0.2, 0.25) is 0 Å². The first-order chi connectivity index (χ1) is 11.1. The van der Waals surface area contributed by atoms with E-state index in [9.17, 15) is 9.90 Å². The molecule has 0 fully saturated rings. The van der Waals surface area contributed by atoms with Gasteiger partial charge in [0.1, 0.15) is 6.33 Å². The third-order valence-corrected chi connectivity index (χ3v) is 4.49. The molecule has 0 atom stereocenters. The number of carbonyl (C=O) groups is 1. The topological polar surface area (TPSA) is 92.9 Å². The first-order valence-corrected chi connectivity index (χ1v) is 7.86. The van der Waals surface area contributed by atoms with Gasteiger partial charge in [0.2, 0.25) is 0 Å². The molecule has 0 aliphatic rings. The molecule has 0 saturated carbocycles. The summed E-state index contributed by atoms with van der Waals surface area (Å²) in [4.78, 5) is 12.4. The molecule has 0 aliphatic heterocycles. The van der Waals surface area contributed by atoms with Gasteiger partial charge in [-0.1, -0.05) is 19.9 Å². The maximum absolute atomic E-state index is 12.4. The van der Waals surface area contributed by atoms with E-state index in [1.165, 1.54) is 11.0 Å². The summed E-state index contributed by atoms with van der Waals surface area (Å²) in [6, 6.07) is 7.14. The lowest BCUT2D eigenvalue weighted by Crippen LogP contribution is -2.37. The normalized spacial score (nSPS) is 11.4. The lowest BCUT2D eigenvalue weighted by Gasteiger charge is -2.31. The first-order valence-electron chi connectivity index (χ1n) is 7.86. The van der Waals surface area contributed by atoms with E-state index in [0.29, 0.717) is 18.5 Å². The lowest BCUT2D eigenvalue weighted by molar-refractivity contribution is 0.0907. The Morgan fingerprint density at radius 2 is 2.13 bits per heavy atom. The molecule has 0 radical (unpaired) electrons. The van der Waals surface area contributed by atoms with Crippen LogP contribution in [0.5, 0.6) is 0 Å². The Labute approximate surface area is 135 Å². The molecule has 2 rings (SSSR count). The Bertz CT molecular complexity index is 623. The second kappa shape index (κ2) is 7.82. The third-order valence-electron chi connectivity index (χ3n) is 4.49. The molecular formula is C16H23N5O2. The van der Waals surface area contributed by atoms with Gasteiger partial charge < -0.3 is 10.4 Å². The molecule has 7 nitrogen and oxygen atoms in total. The number of aliphatic hydroxyl groups is 1. The monoisotopic (exact) mass is 317 g/mol. The molecule has 7 heteroatoms. The Morgan fingerprint density at radius 3 is 2.74 bits per heavy atom. The number of nitrogens with zero attached hydrogens (tertiary/aromatic N) is 4. The number of hydrogen-bond acceptors (Lipinski definition) is 5. The van der Waals surface area contributed by atoms with E-state index in [-0.39, 0.29) is 17.9 Å². The fourth-order valence-electron chi connectivity index (χ4n) is 2.62. The van der Waals surface area contributed by atoms with Gasteiger partial charge in [-0.25, -0.2) is 4.68 Å². The number of aromatic nitrogens is 4. The summed E-state index contributed by atoms with van der Waals surface area (Å²) in [6.07, 6.45) is 3.99. The average molecular weight is 317 g/mol. The largest absolute Gasteiger partial charge is 0.396 e. The standard InChI is InChI=1S/C16H23N5O2/c1-3-16(4-2,8-9-22)11-17-15(23)13-6-5-7-14(10-13)21-12-18-19-20-21/h5-7,10,12,22H,3-4,8-9,11H2,1-2H3,(H,17,23). The Hall–Kier alpha value is -2.28. The van der Waals surface area contributed by atoms with Gasteiger partial charge in [-0.3, -0.25) is 4.79 Å². The summed E-state index contributed by atoms with van der Waals surface area (Å²) in [6.45, 7) is 4.86. The average Bonchev–Trinajstić information content (AvgIpc) is 3.13. The fourth-order valence-corrected chi connectivity index (χ4v) is 2.62. The van der Waals surface area contributed by atoms with Crippen LogP contribution in [-0.2, 0) is 0 Å². The summed E-state index contributed by atoms with van der Waals surface area (Å²) < 4.78 is 1.50. The molecule has 0 unspecified atom stereocenters. The van der Waals surface area contributed by atoms with Crippen molar-refractivity contribution in [1.29, 1.82) is 0 Å². The van der Waals surface area contributed by atoms with E-state index >= 15 is 0 Å². The second-order valence-electron chi connectivity index (χ2n) is 5.67. The molecule has 1 heterocycles. The van der Waals surface area contributed by atoms with Crippen LogP contribution in [0.3, 0.4) is 0 Å². The van der Waals surface area contributed by atoms with Crippen molar-refractivity contribution < 1.29 is 9.90 Å². The van der Waals surface area contributed by atoms with Gasteiger partial charge in [-0.15, -0.1) is 5.10 Å². The zero-order valence-electron chi connectivity index (χ0n) is 13.6. The molecule has 1 aromatic heterocycles. The SMILES string of the molecule is CCC(CC)(CCO)CNC(=O)c1cccc(-n2cnnn2)c1. The minimum atomic E-state index is -0.135. The maximum Gasteiger partial charge on any atom is 0.251 e. The van der Waals surface area contributed by atoms with Crippen molar-refractivity contribution in [3.63, 3.8) is 0 Å². The second-order valence-corrected chi connectivity index (χ2v) is 5.67. The third kappa shape index (κ3) is 4.13. The van der Waals surface area contributed by atoms with Crippen LogP contribution in [0.4, 0.5) is 0 Å². The minimum Gasteiger partial charge on any atom is -0.396 e. The summed E-state index contributed by atoms with van der Waals surface area (Å²) in [5.41, 5.74) is 1.23. The van der Waals surface area contributed by atoms with Gasteiger partial charge in [-0.05, 0) is 53.3 Å². The Morgan fingerprint density at radius 1 is 1.35 bits per heavy atom. The van der Waals surface area contributed by atoms with E-state index in [4.69, 9.17) is 0 Å². The van der Waals surface area contributed by atoms with Crippen molar-refractivity contribution >= 4 is 5.91 Å². The van der Waals surface area contributed by atoms with Crippen molar-refractivity contribution in [2.45, 2.75) is 33.1 Å². The molecule has 23 heavy (non-hydrogen) atoms. The van der Waals surface area contributed by atoms with E-state index in [0.717, 1.165) is 18.5 Å². The number of nitrogens with one attached hydrogen (secondary N) is 1. The van der Waals surface area contributed by atoms with Crippen molar-refractivity contribution in [2.75, 3.05) is 13.2 Å². The van der Waals surface area contributed by atoms with E-state index in [2.05, 4.69) is 34.7 Å². The van der Waals surface area contributed by atoms with Crippen LogP contribution in [0.15, 0.2) is 30.6 Å². The molecular weight excluding hydrogens is 294 g/mol. The molecule has 0 saturated heterocycles. The highest BCUT2D eigenvalue weighted by Gasteiger charge is 2.26. The highest BCUT2D eigenvalue weighted by molar-refractivity contribution is 5.94. The number of rotatable bonds is 8. The van der Waals surface area contributed by atoms with Crippen molar-refractivity contribution in [3.8, 4) is 5.69 Å². The van der Waals surface area contributed by atoms with Crippen molar-refractivity contribution in [1.82, 2.24) is 25.5 Å². The summed E-state index contributed by atoms with van der Waals surface area (Å²) >= 11 is 0. The maximum atomic E-state index is 12.4. The number of carbonyl (C=O) groups excluding carboxylic acids is 1. The predicted molar refractivity (Wildman–Crippen MR) is 86.2 cm³/mol. The number of aliphatic hydroxyl groups excluding tert-OH is 1. The zero-order chi connectivity index (χ0) is 16.7. The van der Waals surface area contributed by atoms with Crippen LogP contribution >= 0.6 is 0 Å². The minimum absolute atomic E-state index is 0.0577. The molecule has 2 N–H and O–H groups in total. The van der Waals surface area contributed by atoms with Gasteiger partial charge in [-0.2, -0.15) is 0 Å². The molecule has 2 aromatic rings. The fraction of sp³-hybridized carbons (Fsp3) is 0.500. The smallest absolute Gasteiger partial charge is 0.251 e. The van der Waals surface area contributed by atoms with Crippen LogP contribution in [0.1, 0.15) is 43.5 Å². The predicted octanol–water partition coefficient (Wildman–Crippen LogP) is 1.58. The van der Waals surface area contributed by atoms with Crippen LogP contribution in [0.25, 0.3) is 5.69 Å². The number of amides is 1. The van der Waals surface area contributed by atoms with Gasteiger partial charge >= 0.3 is 0 Å². The van der Waals surface area contributed by atoms with Gasteiger partial charge in [0.05, 0.1) is 5.69 Å². The molecule has 0 spiro atoms. The van der Waals surface area contributed by atoms with Gasteiger partial charge in [0.15, 0.2) is 0 Å². The van der Waals surface area contributed by atoms with Crippen LogP contribution < -0.4 is 5.32 Å². The van der Waals surface area contributed by atoms with E-state index in [1.54, 1.807) is 18.2 Å². The first kappa shape index (κ1) is 17.1. The summed E-state index contributed by atoms with van der Waals surface area (Å²) in [5.74, 6) is -0.135. The number of hydrogen-bond donors (Lipinski definition) is 2. The quantitative estimate of drug-likeness (QED) is 0.771. The molecule has 124 valence electrons. The van der Waals surface area contributed by atoms with Crippen molar-refractivity contribution in [2.24, 2.45) is 5.41 Å². The highest BCUT2D eigenvalue weighted by atomic mass is 16.3. The molecule has 0 bridgehead atoms. The highest BCUT2D eigenvalue weighted by Crippen LogP contribution is 2.29. The Kier molecular flexibility index (Phi) is 5.81. The van der Waals surface area contributed by atoms with Crippen LogP contribution in [-0.4, -0.2) is 44.4 Å².